The van der Waals surface area contributed by atoms with Crippen LogP contribution in [0.3, 0.4) is 0 Å². The molecule has 0 aliphatic heterocycles. The maximum atomic E-state index is 12.2. The van der Waals surface area contributed by atoms with Crippen LogP contribution in [0.15, 0.2) is 16.9 Å². The number of nitrogens with one attached hydrogen (secondary N) is 1. The first kappa shape index (κ1) is 13.3. The highest BCUT2D eigenvalue weighted by molar-refractivity contribution is 5.80. The lowest BCUT2D eigenvalue weighted by molar-refractivity contribution is -0.124. The highest BCUT2D eigenvalue weighted by Crippen LogP contribution is 2.38. The van der Waals surface area contributed by atoms with Crippen molar-refractivity contribution in [1.82, 2.24) is 15.1 Å². The van der Waals surface area contributed by atoms with E-state index in [4.69, 9.17) is 0 Å². The van der Waals surface area contributed by atoms with Crippen molar-refractivity contribution in [3.05, 3.63) is 28.2 Å². The Balaban J connectivity index is 1.74. The summed E-state index contributed by atoms with van der Waals surface area (Å²) in [5, 5.41) is 7.40. The average Bonchev–Trinajstić information content (AvgIpc) is 3.17. The fraction of sp³-hybridized carbons (Fsp3) is 0.667. The van der Waals surface area contributed by atoms with Gasteiger partial charge in [-0.3, -0.25) is 9.59 Å². The van der Waals surface area contributed by atoms with Crippen LogP contribution in [0.4, 0.5) is 0 Å². The molecular weight excluding hydrogens is 254 g/mol. The van der Waals surface area contributed by atoms with Gasteiger partial charge in [0.2, 0.25) is 5.91 Å². The lowest BCUT2D eigenvalue weighted by Crippen LogP contribution is -2.41. The van der Waals surface area contributed by atoms with Gasteiger partial charge in [0.25, 0.3) is 5.56 Å². The Labute approximate surface area is 118 Å². The van der Waals surface area contributed by atoms with E-state index in [1.165, 1.54) is 23.6 Å². The van der Waals surface area contributed by atoms with Crippen LogP contribution < -0.4 is 10.9 Å². The summed E-state index contributed by atoms with van der Waals surface area (Å²) in [6, 6.07) is 3.05. The van der Waals surface area contributed by atoms with E-state index in [9.17, 15) is 9.59 Å². The Morgan fingerprint density at radius 3 is 2.65 bits per heavy atom. The van der Waals surface area contributed by atoms with Crippen molar-refractivity contribution in [2.24, 2.45) is 0 Å². The molecule has 108 valence electrons. The molecule has 0 aromatic carbocycles. The highest BCUT2D eigenvalue weighted by Gasteiger charge is 2.27. The third kappa shape index (κ3) is 2.76. The quantitative estimate of drug-likeness (QED) is 0.910. The molecule has 0 radical (unpaired) electrons. The third-order valence-corrected chi connectivity index (χ3v) is 4.29. The number of nitrogens with zero attached hydrogens (tertiary/aromatic N) is 2. The molecule has 5 heteroatoms. The summed E-state index contributed by atoms with van der Waals surface area (Å²) in [5.74, 6) is 0.381. The number of hydrogen-bond acceptors (Lipinski definition) is 3. The molecule has 2 aliphatic carbocycles. The number of amides is 1. The van der Waals surface area contributed by atoms with Gasteiger partial charge in [0.1, 0.15) is 6.04 Å². The van der Waals surface area contributed by atoms with Crippen LogP contribution in [-0.4, -0.2) is 21.7 Å². The molecule has 3 rings (SSSR count). The summed E-state index contributed by atoms with van der Waals surface area (Å²) in [5.41, 5.74) is 0.730. The topological polar surface area (TPSA) is 64.0 Å². The van der Waals surface area contributed by atoms with E-state index in [-0.39, 0.29) is 17.5 Å². The zero-order chi connectivity index (χ0) is 14.1. The average molecular weight is 275 g/mol. The Morgan fingerprint density at radius 1 is 1.30 bits per heavy atom. The summed E-state index contributed by atoms with van der Waals surface area (Å²) < 4.78 is 1.33. The second-order valence-corrected chi connectivity index (χ2v) is 5.98. The molecule has 0 saturated heterocycles. The largest absolute Gasteiger partial charge is 0.352 e. The molecule has 1 N–H and O–H groups in total. The summed E-state index contributed by atoms with van der Waals surface area (Å²) in [7, 11) is 0. The monoisotopic (exact) mass is 275 g/mol. The van der Waals surface area contributed by atoms with Crippen molar-refractivity contribution in [2.75, 3.05) is 0 Å². The van der Waals surface area contributed by atoms with Gasteiger partial charge in [0.05, 0.1) is 5.69 Å². The number of aromatic nitrogens is 2. The van der Waals surface area contributed by atoms with Gasteiger partial charge >= 0.3 is 0 Å². The molecule has 5 nitrogen and oxygen atoms in total. The van der Waals surface area contributed by atoms with E-state index in [2.05, 4.69) is 10.4 Å². The first-order valence-electron chi connectivity index (χ1n) is 7.55. The molecule has 1 heterocycles. The molecule has 1 amide bonds. The van der Waals surface area contributed by atoms with Gasteiger partial charge in [-0.25, -0.2) is 4.68 Å². The second kappa shape index (κ2) is 5.38. The minimum atomic E-state index is -0.540. The van der Waals surface area contributed by atoms with Crippen molar-refractivity contribution >= 4 is 5.91 Å². The zero-order valence-corrected chi connectivity index (χ0v) is 11.8. The van der Waals surface area contributed by atoms with Crippen molar-refractivity contribution < 1.29 is 4.79 Å². The van der Waals surface area contributed by atoms with Crippen LogP contribution in [0.2, 0.25) is 0 Å². The maximum absolute atomic E-state index is 12.2. The Morgan fingerprint density at radius 2 is 2.00 bits per heavy atom. The van der Waals surface area contributed by atoms with E-state index >= 15 is 0 Å². The van der Waals surface area contributed by atoms with Crippen LogP contribution in [0.5, 0.6) is 0 Å². The number of rotatable bonds is 4. The predicted molar refractivity (Wildman–Crippen MR) is 75.6 cm³/mol. The highest BCUT2D eigenvalue weighted by atomic mass is 16.2. The molecule has 2 fully saturated rings. The molecular formula is C15H21N3O2. The summed E-state index contributed by atoms with van der Waals surface area (Å²) in [4.78, 5) is 24.2. The van der Waals surface area contributed by atoms with Gasteiger partial charge in [-0.2, -0.15) is 5.10 Å². The van der Waals surface area contributed by atoms with Crippen molar-refractivity contribution in [3.8, 4) is 0 Å². The van der Waals surface area contributed by atoms with Gasteiger partial charge in [-0.05, 0) is 38.7 Å². The SMILES string of the molecule is CC(C(=O)NC1CCCC1)n1nc(C2CC2)ccc1=O. The number of hydrogen-bond donors (Lipinski definition) is 1. The molecule has 1 unspecified atom stereocenters. The van der Waals surface area contributed by atoms with E-state index in [0.717, 1.165) is 31.4 Å². The minimum Gasteiger partial charge on any atom is -0.352 e. The van der Waals surface area contributed by atoms with Gasteiger partial charge in [-0.15, -0.1) is 0 Å². The number of carbonyl (C=O) groups excluding carboxylic acids is 1. The van der Waals surface area contributed by atoms with E-state index in [1.807, 2.05) is 0 Å². The fourth-order valence-electron chi connectivity index (χ4n) is 2.82. The minimum absolute atomic E-state index is 0.0977. The Hall–Kier alpha value is -1.65. The van der Waals surface area contributed by atoms with Crippen LogP contribution >= 0.6 is 0 Å². The molecule has 2 aliphatic rings. The van der Waals surface area contributed by atoms with Crippen LogP contribution in [-0.2, 0) is 4.79 Å². The van der Waals surface area contributed by atoms with Crippen LogP contribution in [0.1, 0.15) is 63.1 Å². The molecule has 1 atom stereocenters. The third-order valence-electron chi connectivity index (χ3n) is 4.29. The molecule has 0 spiro atoms. The van der Waals surface area contributed by atoms with Gasteiger partial charge in [0.15, 0.2) is 0 Å². The Kier molecular flexibility index (Phi) is 3.59. The Bertz CT molecular complexity index is 556. The summed E-state index contributed by atoms with van der Waals surface area (Å²) >= 11 is 0. The van der Waals surface area contributed by atoms with E-state index in [1.54, 1.807) is 13.0 Å². The standard InChI is InChI=1S/C15H21N3O2/c1-10(15(20)16-12-4-2-3-5-12)18-14(19)9-8-13(17-18)11-6-7-11/h8-12H,2-7H2,1H3,(H,16,20). The zero-order valence-electron chi connectivity index (χ0n) is 11.8. The van der Waals surface area contributed by atoms with Crippen molar-refractivity contribution in [1.29, 1.82) is 0 Å². The lowest BCUT2D eigenvalue weighted by Gasteiger charge is -2.18. The lowest BCUT2D eigenvalue weighted by atomic mass is 10.2. The predicted octanol–water partition coefficient (Wildman–Crippen LogP) is 1.74. The molecule has 1 aromatic heterocycles. The van der Waals surface area contributed by atoms with Crippen LogP contribution in [0, 0.1) is 0 Å². The maximum Gasteiger partial charge on any atom is 0.267 e. The van der Waals surface area contributed by atoms with Gasteiger partial charge in [-0.1, -0.05) is 12.8 Å². The summed E-state index contributed by atoms with van der Waals surface area (Å²) in [6.07, 6.45) is 6.71. The fourth-order valence-corrected chi connectivity index (χ4v) is 2.82. The molecule has 2 saturated carbocycles. The molecule has 1 aromatic rings. The first-order valence-corrected chi connectivity index (χ1v) is 7.55. The normalized spacial score (nSPS) is 20.9. The summed E-state index contributed by atoms with van der Waals surface area (Å²) in [6.45, 7) is 1.75. The number of carbonyl (C=O) groups is 1. The van der Waals surface area contributed by atoms with Gasteiger partial charge < -0.3 is 5.32 Å². The van der Waals surface area contributed by atoms with E-state index < -0.39 is 6.04 Å². The second-order valence-electron chi connectivity index (χ2n) is 5.98. The van der Waals surface area contributed by atoms with Crippen molar-refractivity contribution in [2.45, 2.75) is 63.5 Å². The van der Waals surface area contributed by atoms with Gasteiger partial charge in [0, 0.05) is 18.0 Å². The first-order chi connectivity index (χ1) is 9.65. The van der Waals surface area contributed by atoms with E-state index in [0.29, 0.717) is 5.92 Å². The molecule has 20 heavy (non-hydrogen) atoms. The molecule has 0 bridgehead atoms. The smallest absolute Gasteiger partial charge is 0.267 e. The van der Waals surface area contributed by atoms with Crippen LogP contribution in [0.25, 0.3) is 0 Å². The van der Waals surface area contributed by atoms with Crippen molar-refractivity contribution in [3.63, 3.8) is 0 Å².